The number of fused-ring (bicyclic) bond motifs is 2. The van der Waals surface area contributed by atoms with Crippen LogP contribution in [0.25, 0.3) is 0 Å². The van der Waals surface area contributed by atoms with Crippen LogP contribution in [0.15, 0.2) is 131 Å². The summed E-state index contributed by atoms with van der Waals surface area (Å²) < 4.78 is 72.0. The van der Waals surface area contributed by atoms with E-state index in [1.54, 1.807) is 24.3 Å². The van der Waals surface area contributed by atoms with E-state index in [0.29, 0.717) is 30.0 Å². The van der Waals surface area contributed by atoms with Crippen molar-refractivity contribution in [3.63, 3.8) is 0 Å². The summed E-state index contributed by atoms with van der Waals surface area (Å²) in [4.78, 5) is -0.229. The smallest absolute Gasteiger partial charge is 0.294 e. The first-order chi connectivity index (χ1) is 27.9. The monoisotopic (exact) mass is 878 g/mol. The van der Waals surface area contributed by atoms with Gasteiger partial charge in [-0.05, 0) is 104 Å². The molecule has 0 fully saturated rings. The second-order valence-corrected chi connectivity index (χ2v) is 23.8. The van der Waals surface area contributed by atoms with Crippen LogP contribution in [0.3, 0.4) is 0 Å². The fraction of sp³-hybridized carbons (Fsp3) is 0.265. The van der Waals surface area contributed by atoms with Gasteiger partial charge in [-0.1, -0.05) is 157 Å². The van der Waals surface area contributed by atoms with Crippen molar-refractivity contribution in [1.82, 2.24) is 0 Å². The lowest BCUT2D eigenvalue weighted by Gasteiger charge is -2.39. The predicted molar refractivity (Wildman–Crippen MR) is 249 cm³/mol. The van der Waals surface area contributed by atoms with Crippen molar-refractivity contribution in [2.75, 3.05) is 0 Å². The predicted octanol–water partition coefficient (Wildman–Crippen LogP) is 9.65. The van der Waals surface area contributed by atoms with E-state index in [1.165, 1.54) is 57.1 Å². The molecule has 1 aliphatic rings. The molecule has 0 bridgehead atoms. The third-order valence-corrected chi connectivity index (χ3v) is 15.4. The van der Waals surface area contributed by atoms with Crippen molar-refractivity contribution < 1.29 is 30.7 Å². The zero-order chi connectivity index (χ0) is 43.4. The number of rotatable bonds is 10. The van der Waals surface area contributed by atoms with Gasteiger partial charge in [-0.15, -0.1) is 0 Å². The zero-order valence-electron chi connectivity index (χ0n) is 35.2. The molecule has 1 aliphatic heterocycles. The van der Waals surface area contributed by atoms with Crippen molar-refractivity contribution in [3.05, 3.63) is 166 Å². The fourth-order valence-corrected chi connectivity index (χ4v) is 10.8. The summed E-state index contributed by atoms with van der Waals surface area (Å²) in [6.45, 7) is 18.2. The Balaban J connectivity index is 1.21. The van der Waals surface area contributed by atoms with Crippen LogP contribution in [0.2, 0.25) is 0 Å². The van der Waals surface area contributed by atoms with Gasteiger partial charge in [0.1, 0.15) is 11.5 Å². The molecule has 0 aliphatic carbocycles. The Kier molecular flexibility index (Phi) is 11.9. The van der Waals surface area contributed by atoms with Crippen LogP contribution in [-0.4, -0.2) is 25.9 Å². The van der Waals surface area contributed by atoms with Crippen LogP contribution in [0.4, 0.5) is 0 Å². The first kappa shape index (κ1) is 43.9. The molecule has 2 N–H and O–H groups in total. The molecule has 0 spiro atoms. The first-order valence-corrected chi connectivity index (χ1v) is 24.7. The molecule has 7 rings (SSSR count). The van der Waals surface area contributed by atoms with E-state index in [-0.39, 0.29) is 26.0 Å². The minimum Gasteiger partial charge on any atom is -0.455 e. The highest BCUT2D eigenvalue weighted by molar-refractivity contribution is 7.86. The molecule has 0 amide bonds. The second-order valence-electron chi connectivity index (χ2n) is 18.3. The molecule has 2 atom stereocenters. The van der Waals surface area contributed by atoms with Gasteiger partial charge < -0.3 is 4.74 Å². The minimum atomic E-state index is -4.24. The van der Waals surface area contributed by atoms with E-state index in [0.717, 1.165) is 44.4 Å². The van der Waals surface area contributed by atoms with Gasteiger partial charge in [0.2, 0.25) is 0 Å². The summed E-state index contributed by atoms with van der Waals surface area (Å²) >= 11 is 0. The van der Waals surface area contributed by atoms with Crippen LogP contribution < -0.4 is 26.0 Å². The van der Waals surface area contributed by atoms with Crippen molar-refractivity contribution >= 4 is 58.6 Å². The van der Waals surface area contributed by atoms with Crippen molar-refractivity contribution in [2.45, 2.75) is 94.3 Å². The standard InChI is InChI=1S/C49H52O7P2S2/c1-47(2,3)35-27-41-45(43(29-35)57-37-17-9-31(10-18-37)25-33-13-21-39(22-14-33)59(50,51)52)56-46-42(49(41,7)8)28-36(48(4,5)6)30-44(46)58-38-19-11-32(12-20-38)26-34-15-23-40(24-16-34)60(53,54)55/h9-24,27-30,57-58H,25-26H2,1-8H3,(H,50,51,52)(H,53,54,55). The molecule has 7 nitrogen and oxygen atoms in total. The van der Waals surface area contributed by atoms with Crippen molar-refractivity contribution in [2.24, 2.45) is 0 Å². The highest BCUT2D eigenvalue weighted by atomic mass is 32.2. The Morgan fingerprint density at radius 3 is 1.08 bits per heavy atom. The second kappa shape index (κ2) is 16.2. The van der Waals surface area contributed by atoms with E-state index in [4.69, 9.17) is 4.74 Å². The van der Waals surface area contributed by atoms with E-state index < -0.39 is 20.2 Å². The van der Waals surface area contributed by atoms with Crippen LogP contribution in [0, 0.1) is 0 Å². The molecule has 0 radical (unpaired) electrons. The number of ether oxygens (including phenoxy) is 1. The van der Waals surface area contributed by atoms with Gasteiger partial charge in [-0.25, -0.2) is 0 Å². The molecule has 60 heavy (non-hydrogen) atoms. The summed E-state index contributed by atoms with van der Waals surface area (Å²) in [7, 11) is -7.79. The SMILES string of the molecule is CC(C)(C)c1cc(Pc2ccc(Cc3ccc(S(=O)(=O)O)cc3)cc2)c2c(c1)C(C)(C)c1cc(C(C)(C)C)cc(Pc3ccc(Cc4ccc(S(=O)(=O)O)cc4)cc3)c1O2. The van der Waals surface area contributed by atoms with E-state index >= 15 is 0 Å². The number of benzene rings is 6. The lowest BCUT2D eigenvalue weighted by Crippen LogP contribution is -2.32. The number of hydrogen-bond donors (Lipinski definition) is 2. The lowest BCUT2D eigenvalue weighted by molar-refractivity contribution is 0.422. The zero-order valence-corrected chi connectivity index (χ0v) is 38.8. The van der Waals surface area contributed by atoms with Crippen molar-refractivity contribution in [1.29, 1.82) is 0 Å². The van der Waals surface area contributed by atoms with Crippen molar-refractivity contribution in [3.8, 4) is 11.5 Å². The molecular weight excluding hydrogens is 827 g/mol. The fourth-order valence-electron chi connectivity index (χ4n) is 7.46. The molecule has 2 unspecified atom stereocenters. The average molecular weight is 879 g/mol. The molecule has 0 aromatic heterocycles. The highest BCUT2D eigenvalue weighted by Crippen LogP contribution is 2.50. The topological polar surface area (TPSA) is 118 Å². The third-order valence-electron chi connectivity index (χ3n) is 11.2. The van der Waals surface area contributed by atoms with Crippen LogP contribution in [-0.2, 0) is 49.3 Å². The maximum absolute atomic E-state index is 11.5. The van der Waals surface area contributed by atoms with E-state index in [9.17, 15) is 25.9 Å². The maximum Gasteiger partial charge on any atom is 0.294 e. The minimum absolute atomic E-state index is 0.0884. The van der Waals surface area contributed by atoms with E-state index in [2.05, 4.69) is 128 Å². The molecule has 6 aromatic carbocycles. The van der Waals surface area contributed by atoms with Gasteiger partial charge >= 0.3 is 0 Å². The average Bonchev–Trinajstić information content (AvgIpc) is 3.16. The Labute approximate surface area is 359 Å². The summed E-state index contributed by atoms with van der Waals surface area (Å²) in [6, 6.07) is 39.1. The van der Waals surface area contributed by atoms with Gasteiger partial charge in [0.25, 0.3) is 20.2 Å². The summed E-state index contributed by atoms with van der Waals surface area (Å²) in [5, 5.41) is 4.68. The maximum atomic E-state index is 11.5. The Morgan fingerprint density at radius 2 is 0.800 bits per heavy atom. The number of hydrogen-bond acceptors (Lipinski definition) is 5. The van der Waals surface area contributed by atoms with Gasteiger partial charge in [-0.2, -0.15) is 16.8 Å². The Bertz CT molecular complexity index is 2590. The molecule has 312 valence electrons. The molecule has 0 saturated carbocycles. The molecule has 0 saturated heterocycles. The Morgan fingerprint density at radius 1 is 0.500 bits per heavy atom. The lowest BCUT2D eigenvalue weighted by atomic mass is 9.72. The molecule has 1 heterocycles. The quantitative estimate of drug-likeness (QED) is 0.104. The van der Waals surface area contributed by atoms with Gasteiger partial charge in [0.05, 0.1) is 9.79 Å². The summed E-state index contributed by atoms with van der Waals surface area (Å²) in [5.41, 5.74) is 8.46. The van der Waals surface area contributed by atoms with Crippen LogP contribution in [0.5, 0.6) is 11.5 Å². The largest absolute Gasteiger partial charge is 0.455 e. The molecule has 6 aromatic rings. The Hall–Kier alpha value is -4.20. The van der Waals surface area contributed by atoms with Crippen LogP contribution >= 0.6 is 17.2 Å². The third kappa shape index (κ3) is 9.79. The van der Waals surface area contributed by atoms with E-state index in [1.807, 2.05) is 0 Å². The normalized spacial score (nSPS) is 14.4. The van der Waals surface area contributed by atoms with Crippen LogP contribution in [0.1, 0.15) is 99.9 Å². The first-order valence-electron chi connectivity index (χ1n) is 19.9. The summed E-state index contributed by atoms with van der Waals surface area (Å²) in [5.74, 6) is 1.85. The molecular formula is C49H52O7P2S2. The molecule has 11 heteroatoms. The van der Waals surface area contributed by atoms with Gasteiger partial charge in [0.15, 0.2) is 0 Å². The van der Waals surface area contributed by atoms with Gasteiger partial charge in [-0.3, -0.25) is 9.11 Å². The highest BCUT2D eigenvalue weighted by Gasteiger charge is 2.39. The van der Waals surface area contributed by atoms with Gasteiger partial charge in [0, 0.05) is 27.2 Å². The summed E-state index contributed by atoms with van der Waals surface area (Å²) in [6.07, 6.45) is 1.27.